The van der Waals surface area contributed by atoms with Crippen LogP contribution >= 0.6 is 0 Å². The molecule has 0 unspecified atom stereocenters. The summed E-state index contributed by atoms with van der Waals surface area (Å²) < 4.78 is 13.2. The fourth-order valence-electron chi connectivity index (χ4n) is 2.98. The van der Waals surface area contributed by atoms with Gasteiger partial charge in [0.25, 0.3) is 0 Å². The third-order valence-corrected chi connectivity index (χ3v) is 4.34. The molecule has 0 atom stereocenters. The fraction of sp³-hybridized carbons (Fsp3) is 0.600. The Balaban J connectivity index is 2.17. The molecule has 1 fully saturated rings. The van der Waals surface area contributed by atoms with Crippen molar-refractivity contribution < 1.29 is 14.3 Å². The monoisotopic (exact) mass is 280 g/mol. The minimum absolute atomic E-state index is 0.0647. The summed E-state index contributed by atoms with van der Waals surface area (Å²) in [6.07, 6.45) is 6.67. The largest absolute Gasteiger partial charge is 0.478 e. The molecule has 0 amide bonds. The number of carboxylic acid groups (broad SMARTS) is 1. The molecule has 0 saturated heterocycles. The van der Waals surface area contributed by atoms with Gasteiger partial charge in [0.05, 0.1) is 6.20 Å². The number of aromatic carboxylic acids is 1. The minimum atomic E-state index is -1.14. The number of hydrogen-bond acceptors (Lipinski definition) is 3. The maximum Gasteiger partial charge on any atom is 0.339 e. The second kappa shape index (κ2) is 6.20. The molecule has 1 saturated carbocycles. The van der Waals surface area contributed by atoms with Gasteiger partial charge in [0.2, 0.25) is 0 Å². The fourth-order valence-corrected chi connectivity index (χ4v) is 2.98. The average molecular weight is 280 g/mol. The van der Waals surface area contributed by atoms with E-state index >= 15 is 0 Å². The van der Waals surface area contributed by atoms with Crippen LogP contribution in [0.4, 0.5) is 10.2 Å². The Bertz CT molecular complexity index is 485. The van der Waals surface area contributed by atoms with E-state index in [9.17, 15) is 14.3 Å². The van der Waals surface area contributed by atoms with E-state index in [2.05, 4.69) is 11.9 Å². The lowest BCUT2D eigenvalue weighted by molar-refractivity contribution is 0.0696. The Morgan fingerprint density at radius 3 is 2.65 bits per heavy atom. The first-order valence-corrected chi connectivity index (χ1v) is 7.14. The molecule has 4 nitrogen and oxygen atoms in total. The number of aromatic nitrogens is 1. The highest BCUT2D eigenvalue weighted by Crippen LogP contribution is 2.31. The van der Waals surface area contributed by atoms with Gasteiger partial charge in [-0.3, -0.25) is 0 Å². The van der Waals surface area contributed by atoms with Crippen LogP contribution in [0.5, 0.6) is 0 Å². The van der Waals surface area contributed by atoms with Crippen LogP contribution in [0.15, 0.2) is 12.3 Å². The van der Waals surface area contributed by atoms with Crippen LogP contribution in [0, 0.1) is 11.7 Å². The van der Waals surface area contributed by atoms with Crippen molar-refractivity contribution in [3.05, 3.63) is 23.6 Å². The van der Waals surface area contributed by atoms with Crippen LogP contribution < -0.4 is 4.90 Å². The van der Waals surface area contributed by atoms with E-state index in [0.29, 0.717) is 5.82 Å². The lowest BCUT2D eigenvalue weighted by atomic mass is 9.84. The maximum absolute atomic E-state index is 13.2. The third kappa shape index (κ3) is 3.08. The number of halogens is 1. The predicted octanol–water partition coefficient (Wildman–Crippen LogP) is 3.32. The number of carboxylic acids is 1. The van der Waals surface area contributed by atoms with Crippen molar-refractivity contribution in [2.24, 2.45) is 5.92 Å². The molecule has 1 aromatic rings. The van der Waals surface area contributed by atoms with Gasteiger partial charge in [0, 0.05) is 13.1 Å². The summed E-state index contributed by atoms with van der Waals surface area (Å²) in [4.78, 5) is 17.1. The van der Waals surface area contributed by atoms with Crippen molar-refractivity contribution in [3.8, 4) is 0 Å². The summed E-state index contributed by atoms with van der Waals surface area (Å²) in [5, 5.41) is 9.18. The van der Waals surface area contributed by atoms with Gasteiger partial charge in [0.15, 0.2) is 0 Å². The van der Waals surface area contributed by atoms with Crippen molar-refractivity contribution in [1.29, 1.82) is 0 Å². The molecular weight excluding hydrogens is 259 g/mol. The van der Waals surface area contributed by atoms with Gasteiger partial charge in [0.1, 0.15) is 17.2 Å². The summed E-state index contributed by atoms with van der Waals surface area (Å²) in [6.45, 7) is 2.21. The maximum atomic E-state index is 13.2. The Morgan fingerprint density at radius 1 is 1.45 bits per heavy atom. The van der Waals surface area contributed by atoms with E-state index in [1.165, 1.54) is 6.42 Å². The molecule has 1 aliphatic carbocycles. The molecule has 0 spiro atoms. The molecule has 0 aliphatic heterocycles. The van der Waals surface area contributed by atoms with Gasteiger partial charge in [-0.05, 0) is 37.7 Å². The second-order valence-electron chi connectivity index (χ2n) is 5.52. The third-order valence-electron chi connectivity index (χ3n) is 4.34. The Labute approximate surface area is 118 Å². The molecule has 0 radical (unpaired) electrons. The van der Waals surface area contributed by atoms with E-state index in [0.717, 1.165) is 43.9 Å². The lowest BCUT2D eigenvalue weighted by Gasteiger charge is -2.35. The van der Waals surface area contributed by atoms with Gasteiger partial charge >= 0.3 is 5.97 Å². The van der Waals surface area contributed by atoms with E-state index in [1.54, 1.807) is 0 Å². The quantitative estimate of drug-likeness (QED) is 0.919. The summed E-state index contributed by atoms with van der Waals surface area (Å²) in [7, 11) is 1.85. The summed E-state index contributed by atoms with van der Waals surface area (Å²) >= 11 is 0. The van der Waals surface area contributed by atoms with Crippen LogP contribution in [-0.2, 0) is 0 Å². The second-order valence-corrected chi connectivity index (χ2v) is 5.52. The number of carbonyl (C=O) groups is 1. The number of rotatable bonds is 4. The standard InChI is InChI=1S/C15H21FN2O2/c1-3-10-4-6-12(7-5-10)18(2)14-13(15(19)20)8-11(16)9-17-14/h8-10,12H,3-7H2,1-2H3,(H,19,20). The van der Waals surface area contributed by atoms with E-state index in [-0.39, 0.29) is 11.6 Å². The highest BCUT2D eigenvalue weighted by molar-refractivity contribution is 5.93. The van der Waals surface area contributed by atoms with Gasteiger partial charge in [-0.15, -0.1) is 0 Å². The van der Waals surface area contributed by atoms with Crippen molar-refractivity contribution in [1.82, 2.24) is 4.98 Å². The predicted molar refractivity (Wildman–Crippen MR) is 75.6 cm³/mol. The van der Waals surface area contributed by atoms with E-state index < -0.39 is 11.8 Å². The zero-order chi connectivity index (χ0) is 14.7. The minimum Gasteiger partial charge on any atom is -0.478 e. The van der Waals surface area contributed by atoms with E-state index in [1.807, 2.05) is 11.9 Å². The van der Waals surface area contributed by atoms with Gasteiger partial charge < -0.3 is 10.0 Å². The Hall–Kier alpha value is -1.65. The van der Waals surface area contributed by atoms with Crippen molar-refractivity contribution >= 4 is 11.8 Å². The summed E-state index contributed by atoms with van der Waals surface area (Å²) in [5.74, 6) is -0.617. The number of anilines is 1. The Kier molecular flexibility index (Phi) is 4.57. The Morgan fingerprint density at radius 2 is 2.10 bits per heavy atom. The molecule has 1 N–H and O–H groups in total. The number of nitrogens with zero attached hydrogens (tertiary/aromatic N) is 2. The van der Waals surface area contributed by atoms with Crippen LogP contribution in [0.25, 0.3) is 0 Å². The zero-order valence-corrected chi connectivity index (χ0v) is 12.0. The van der Waals surface area contributed by atoms with Gasteiger partial charge in [-0.1, -0.05) is 13.3 Å². The highest BCUT2D eigenvalue weighted by Gasteiger charge is 2.26. The van der Waals surface area contributed by atoms with Gasteiger partial charge in [-0.25, -0.2) is 14.2 Å². The van der Waals surface area contributed by atoms with Crippen molar-refractivity contribution in [2.75, 3.05) is 11.9 Å². The molecule has 5 heteroatoms. The molecule has 20 heavy (non-hydrogen) atoms. The molecule has 0 aromatic carbocycles. The molecule has 0 bridgehead atoms. The van der Waals surface area contributed by atoms with Gasteiger partial charge in [-0.2, -0.15) is 0 Å². The molecular formula is C15H21FN2O2. The normalized spacial score (nSPS) is 22.6. The smallest absolute Gasteiger partial charge is 0.339 e. The number of pyridine rings is 1. The SMILES string of the molecule is CCC1CCC(N(C)c2ncc(F)cc2C(=O)O)CC1. The zero-order valence-electron chi connectivity index (χ0n) is 12.0. The molecule has 2 rings (SSSR count). The summed E-state index contributed by atoms with van der Waals surface area (Å²) in [5.41, 5.74) is -0.0647. The first kappa shape index (κ1) is 14.8. The lowest BCUT2D eigenvalue weighted by Crippen LogP contribution is -2.36. The average Bonchev–Trinajstić information content (AvgIpc) is 2.46. The molecule has 110 valence electrons. The van der Waals surface area contributed by atoms with Crippen molar-refractivity contribution in [3.63, 3.8) is 0 Å². The first-order chi connectivity index (χ1) is 9.52. The van der Waals surface area contributed by atoms with Crippen LogP contribution in [0.3, 0.4) is 0 Å². The molecule has 1 aromatic heterocycles. The highest BCUT2D eigenvalue weighted by atomic mass is 19.1. The number of hydrogen-bond donors (Lipinski definition) is 1. The van der Waals surface area contributed by atoms with Crippen LogP contribution in [-0.4, -0.2) is 29.1 Å². The molecule has 1 aliphatic rings. The van der Waals surface area contributed by atoms with Crippen molar-refractivity contribution in [2.45, 2.75) is 45.1 Å². The van der Waals surface area contributed by atoms with Crippen LogP contribution in [0.2, 0.25) is 0 Å². The molecule has 1 heterocycles. The van der Waals surface area contributed by atoms with E-state index in [4.69, 9.17) is 0 Å². The first-order valence-electron chi connectivity index (χ1n) is 7.14. The summed E-state index contributed by atoms with van der Waals surface area (Å²) in [6, 6.07) is 1.33. The topological polar surface area (TPSA) is 53.4 Å². The van der Waals surface area contributed by atoms with Crippen LogP contribution in [0.1, 0.15) is 49.4 Å².